The number of hydrogen-bond acceptors (Lipinski definition) is 6. The van der Waals surface area contributed by atoms with Gasteiger partial charge in [-0.25, -0.2) is 0 Å². The predicted octanol–water partition coefficient (Wildman–Crippen LogP) is 2.56. The second kappa shape index (κ2) is 10.3. The largest absolute Gasteiger partial charge is 0.430 e. The van der Waals surface area contributed by atoms with Crippen molar-refractivity contribution < 1.29 is 9.53 Å². The van der Waals surface area contributed by atoms with Crippen LogP contribution in [0.25, 0.3) is 0 Å². The molecule has 0 amide bonds. The quantitative estimate of drug-likeness (QED) is 0.414. The fourth-order valence-electron chi connectivity index (χ4n) is 4.90. The van der Waals surface area contributed by atoms with Gasteiger partial charge >= 0.3 is 5.97 Å². The molecule has 1 aliphatic carbocycles. The Morgan fingerprint density at radius 1 is 1.03 bits per heavy atom. The molecule has 2 saturated heterocycles. The second-order valence-electron chi connectivity index (χ2n) is 8.89. The van der Waals surface area contributed by atoms with Gasteiger partial charge in [0.15, 0.2) is 0 Å². The molecule has 1 aromatic carbocycles. The lowest BCUT2D eigenvalue weighted by Crippen LogP contribution is -2.50. The van der Waals surface area contributed by atoms with Gasteiger partial charge in [-0.05, 0) is 69.1 Å². The number of nitrogens with two attached hydrogens (primary N) is 1. The number of carbonyl (C=O) groups excluding carboxylic acids is 1. The number of anilines is 1. The van der Waals surface area contributed by atoms with Crippen LogP contribution < -0.4 is 10.6 Å². The molecule has 4 rings (SSSR count). The van der Waals surface area contributed by atoms with Crippen LogP contribution in [-0.4, -0.2) is 73.5 Å². The van der Waals surface area contributed by atoms with E-state index in [9.17, 15) is 4.79 Å². The van der Waals surface area contributed by atoms with Gasteiger partial charge in [-0.1, -0.05) is 6.42 Å². The lowest BCUT2D eigenvalue weighted by molar-refractivity contribution is -0.141. The minimum absolute atomic E-state index is 0.101. The number of esters is 1. The first-order valence-electron chi connectivity index (χ1n) is 11.6. The number of benzene rings is 1. The highest BCUT2D eigenvalue weighted by Gasteiger charge is 2.26. The second-order valence-corrected chi connectivity index (χ2v) is 8.89. The SMILES string of the molecule is N=C(N)c1ccc(N2CCN(C3CC=C(OC(=O)CN4CCCCC4)CC3)CC2)cc1. The Hall–Kier alpha value is -2.38. The Kier molecular flexibility index (Phi) is 7.25. The summed E-state index contributed by atoms with van der Waals surface area (Å²) in [6.45, 7) is 6.53. The van der Waals surface area contributed by atoms with E-state index in [4.69, 9.17) is 15.9 Å². The summed E-state index contributed by atoms with van der Waals surface area (Å²) in [7, 11) is 0. The fraction of sp³-hybridized carbons (Fsp3) is 0.583. The summed E-state index contributed by atoms with van der Waals surface area (Å²) in [6, 6.07) is 8.49. The number of nitrogens with one attached hydrogen (secondary N) is 1. The molecular weight excluding hydrogens is 390 g/mol. The van der Waals surface area contributed by atoms with Crippen molar-refractivity contribution >= 4 is 17.5 Å². The highest BCUT2D eigenvalue weighted by Crippen LogP contribution is 2.26. The van der Waals surface area contributed by atoms with Crippen molar-refractivity contribution in [2.45, 2.75) is 44.6 Å². The number of carbonyl (C=O) groups is 1. The van der Waals surface area contributed by atoms with Crippen LogP contribution in [0.15, 0.2) is 36.1 Å². The summed E-state index contributed by atoms with van der Waals surface area (Å²) < 4.78 is 5.66. The molecule has 1 unspecified atom stereocenters. The van der Waals surface area contributed by atoms with Crippen molar-refractivity contribution in [2.24, 2.45) is 5.73 Å². The molecule has 1 aromatic rings. The van der Waals surface area contributed by atoms with Gasteiger partial charge in [0.05, 0.1) is 6.54 Å². The molecule has 7 nitrogen and oxygen atoms in total. The van der Waals surface area contributed by atoms with E-state index < -0.39 is 0 Å². The number of allylic oxidation sites excluding steroid dienone is 1. The molecule has 0 radical (unpaired) electrons. The average molecular weight is 426 g/mol. The lowest BCUT2D eigenvalue weighted by atomic mass is 9.98. The molecule has 0 saturated carbocycles. The summed E-state index contributed by atoms with van der Waals surface area (Å²) >= 11 is 0. The zero-order valence-electron chi connectivity index (χ0n) is 18.4. The van der Waals surface area contributed by atoms with Crippen molar-refractivity contribution in [2.75, 3.05) is 50.7 Å². The summed E-state index contributed by atoms with van der Waals surface area (Å²) in [5, 5.41) is 7.52. The summed E-state index contributed by atoms with van der Waals surface area (Å²) in [5.74, 6) is 0.872. The third kappa shape index (κ3) is 5.86. The molecule has 0 bridgehead atoms. The number of nitrogen functional groups attached to an aromatic ring is 1. The van der Waals surface area contributed by atoms with Crippen molar-refractivity contribution in [3.8, 4) is 0 Å². The van der Waals surface area contributed by atoms with Crippen LogP contribution in [0.1, 0.15) is 44.1 Å². The van der Waals surface area contributed by atoms with Gasteiger partial charge in [0, 0.05) is 49.9 Å². The Balaban J connectivity index is 1.21. The number of nitrogens with zero attached hydrogens (tertiary/aromatic N) is 3. The highest BCUT2D eigenvalue weighted by molar-refractivity contribution is 5.95. The van der Waals surface area contributed by atoms with Crippen molar-refractivity contribution in [3.05, 3.63) is 41.7 Å². The van der Waals surface area contributed by atoms with Crippen LogP contribution in [0.5, 0.6) is 0 Å². The maximum Gasteiger partial charge on any atom is 0.325 e. The van der Waals surface area contributed by atoms with E-state index in [0.717, 1.165) is 69.9 Å². The van der Waals surface area contributed by atoms with Crippen LogP contribution in [-0.2, 0) is 9.53 Å². The monoisotopic (exact) mass is 425 g/mol. The molecule has 2 heterocycles. The van der Waals surface area contributed by atoms with Crippen molar-refractivity contribution in [1.29, 1.82) is 5.41 Å². The molecule has 1 atom stereocenters. The smallest absolute Gasteiger partial charge is 0.325 e. The molecular formula is C24H35N5O2. The van der Waals surface area contributed by atoms with Crippen LogP contribution >= 0.6 is 0 Å². The third-order valence-electron chi connectivity index (χ3n) is 6.76. The van der Waals surface area contributed by atoms with Crippen molar-refractivity contribution in [1.82, 2.24) is 9.80 Å². The number of rotatable bonds is 6. The zero-order chi connectivity index (χ0) is 21.6. The molecule has 0 aromatic heterocycles. The number of likely N-dealkylation sites (tertiary alicyclic amines) is 1. The summed E-state index contributed by atoms with van der Waals surface area (Å²) in [6.07, 6.45) is 8.65. The minimum Gasteiger partial charge on any atom is -0.430 e. The van der Waals surface area contributed by atoms with Crippen LogP contribution in [0.2, 0.25) is 0 Å². The Morgan fingerprint density at radius 2 is 1.74 bits per heavy atom. The third-order valence-corrected chi connectivity index (χ3v) is 6.76. The normalized spacial score (nSPS) is 23.3. The number of hydrogen-bond donors (Lipinski definition) is 2. The highest BCUT2D eigenvalue weighted by atomic mass is 16.5. The van der Waals surface area contributed by atoms with Crippen molar-refractivity contribution in [3.63, 3.8) is 0 Å². The first kappa shape index (κ1) is 21.8. The standard InChI is InChI=1S/C24H35N5O2/c25-24(26)19-4-6-20(7-5-19)28-14-16-29(17-15-28)21-8-10-22(11-9-21)31-23(30)18-27-12-2-1-3-13-27/h4-7,10,21H,1-3,8-9,11-18H2,(H3,25,26). The van der Waals surface area contributed by atoms with E-state index >= 15 is 0 Å². The number of amidine groups is 1. The summed E-state index contributed by atoms with van der Waals surface area (Å²) in [4.78, 5) is 19.4. The maximum absolute atomic E-state index is 12.3. The summed E-state index contributed by atoms with van der Waals surface area (Å²) in [5.41, 5.74) is 7.51. The predicted molar refractivity (Wildman–Crippen MR) is 123 cm³/mol. The minimum atomic E-state index is -0.101. The molecule has 168 valence electrons. The van der Waals surface area contributed by atoms with Gasteiger partial charge in [-0.3, -0.25) is 20.0 Å². The molecule has 2 aliphatic heterocycles. The Labute approximate surface area is 185 Å². The lowest BCUT2D eigenvalue weighted by Gasteiger charge is -2.41. The topological polar surface area (TPSA) is 85.9 Å². The molecule has 7 heteroatoms. The number of ether oxygens (including phenoxy) is 1. The van der Waals surface area contributed by atoms with Gasteiger partial charge in [0.25, 0.3) is 0 Å². The van der Waals surface area contributed by atoms with Crippen LogP contribution in [0, 0.1) is 5.41 Å². The van der Waals surface area contributed by atoms with Crippen LogP contribution in [0.3, 0.4) is 0 Å². The molecule has 0 spiro atoms. The van der Waals surface area contributed by atoms with Gasteiger partial charge in [0.1, 0.15) is 11.6 Å². The average Bonchev–Trinajstić information content (AvgIpc) is 2.80. The van der Waals surface area contributed by atoms with Gasteiger partial charge in [0.2, 0.25) is 0 Å². The first-order chi connectivity index (χ1) is 15.1. The number of piperidine rings is 1. The van der Waals surface area contributed by atoms with E-state index in [0.29, 0.717) is 12.6 Å². The number of piperazine rings is 1. The zero-order valence-corrected chi connectivity index (χ0v) is 18.4. The van der Waals surface area contributed by atoms with Gasteiger partial charge < -0.3 is 15.4 Å². The molecule has 3 N–H and O–H groups in total. The Bertz CT molecular complexity index is 793. The van der Waals surface area contributed by atoms with Gasteiger partial charge in [-0.15, -0.1) is 0 Å². The van der Waals surface area contributed by atoms with E-state index in [1.54, 1.807) is 0 Å². The molecule has 31 heavy (non-hydrogen) atoms. The Morgan fingerprint density at radius 3 is 2.35 bits per heavy atom. The van der Waals surface area contributed by atoms with Gasteiger partial charge in [-0.2, -0.15) is 0 Å². The van der Waals surface area contributed by atoms with Crippen LogP contribution in [0.4, 0.5) is 5.69 Å². The van der Waals surface area contributed by atoms with E-state index in [1.807, 2.05) is 12.1 Å². The molecule has 3 aliphatic rings. The van der Waals surface area contributed by atoms with E-state index in [2.05, 4.69) is 32.9 Å². The van der Waals surface area contributed by atoms with E-state index in [-0.39, 0.29) is 11.8 Å². The maximum atomic E-state index is 12.3. The van der Waals surface area contributed by atoms with E-state index in [1.165, 1.54) is 24.9 Å². The molecule has 2 fully saturated rings. The first-order valence-corrected chi connectivity index (χ1v) is 11.6. The fourth-order valence-corrected chi connectivity index (χ4v) is 4.90.